The Morgan fingerprint density at radius 1 is 1.40 bits per heavy atom. The number of hydrogen-bond acceptors (Lipinski definition) is 1. The average molecular weight is 204 g/mol. The van der Waals surface area contributed by atoms with E-state index in [2.05, 4.69) is 4.98 Å². The van der Waals surface area contributed by atoms with Crippen molar-refractivity contribution < 1.29 is 4.39 Å². The Hall–Kier alpha value is -1.35. The lowest BCUT2D eigenvalue weighted by Gasteiger charge is -2.18. The largest absolute Gasteiger partial charge is 0.358 e. The Morgan fingerprint density at radius 2 is 2.27 bits per heavy atom. The maximum absolute atomic E-state index is 13.2. The molecule has 0 fully saturated rings. The van der Waals surface area contributed by atoms with Crippen molar-refractivity contribution in [3.8, 4) is 0 Å². The Labute approximate surface area is 87.3 Å². The monoisotopic (exact) mass is 204 g/mol. The number of nitrogens with one attached hydrogen (secondary N) is 1. The number of aromatic amines is 1. The predicted octanol–water partition coefficient (Wildman–Crippen LogP) is 2.64. The number of nitrogens with two attached hydrogens (primary N) is 1. The van der Waals surface area contributed by atoms with Gasteiger partial charge in [0.1, 0.15) is 5.82 Å². The van der Waals surface area contributed by atoms with Gasteiger partial charge < -0.3 is 10.7 Å². The van der Waals surface area contributed by atoms with Crippen molar-refractivity contribution in [3.05, 3.63) is 35.3 Å². The van der Waals surface area contributed by atoms with E-state index in [0.29, 0.717) is 0 Å². The first-order chi connectivity index (χ1) is 7.25. The topological polar surface area (TPSA) is 41.8 Å². The molecule has 1 heterocycles. The molecule has 0 saturated carbocycles. The number of H-pyrrole nitrogens is 1. The molecule has 3 heteroatoms. The number of halogens is 1. The average Bonchev–Trinajstić information content (AvgIpc) is 2.57. The fourth-order valence-corrected chi connectivity index (χ4v) is 2.50. The van der Waals surface area contributed by atoms with Crippen molar-refractivity contribution in [2.24, 2.45) is 5.73 Å². The van der Waals surface area contributed by atoms with Crippen molar-refractivity contribution in [2.75, 3.05) is 0 Å². The van der Waals surface area contributed by atoms with Crippen LogP contribution < -0.4 is 5.73 Å². The molecular formula is C12H13FN2. The van der Waals surface area contributed by atoms with Crippen LogP contribution in [0.4, 0.5) is 4.39 Å². The molecule has 1 aromatic heterocycles. The molecule has 15 heavy (non-hydrogen) atoms. The van der Waals surface area contributed by atoms with Gasteiger partial charge in [0.15, 0.2) is 0 Å². The van der Waals surface area contributed by atoms with Gasteiger partial charge in [0.2, 0.25) is 0 Å². The van der Waals surface area contributed by atoms with Gasteiger partial charge in [0.25, 0.3) is 0 Å². The van der Waals surface area contributed by atoms with Crippen LogP contribution in [0.1, 0.15) is 30.1 Å². The second-order valence-electron chi connectivity index (χ2n) is 4.21. The van der Waals surface area contributed by atoms with Crippen LogP contribution in [0.25, 0.3) is 10.9 Å². The molecule has 2 nitrogen and oxygen atoms in total. The van der Waals surface area contributed by atoms with E-state index in [1.165, 1.54) is 11.8 Å². The van der Waals surface area contributed by atoms with Gasteiger partial charge >= 0.3 is 0 Å². The molecule has 0 radical (unpaired) electrons. The number of fused-ring (bicyclic) bond motifs is 3. The van der Waals surface area contributed by atoms with Gasteiger partial charge in [0.05, 0.1) is 0 Å². The van der Waals surface area contributed by atoms with E-state index < -0.39 is 0 Å². The summed E-state index contributed by atoms with van der Waals surface area (Å²) in [6.45, 7) is 0. The van der Waals surface area contributed by atoms with Crippen LogP contribution in [-0.4, -0.2) is 4.98 Å². The van der Waals surface area contributed by atoms with E-state index in [4.69, 9.17) is 5.73 Å². The lowest BCUT2D eigenvalue weighted by Crippen LogP contribution is -2.16. The summed E-state index contributed by atoms with van der Waals surface area (Å²) in [5.41, 5.74) is 9.37. The van der Waals surface area contributed by atoms with Crippen LogP contribution in [0.3, 0.4) is 0 Å². The molecule has 78 valence electrons. The number of hydrogen-bond donors (Lipinski definition) is 2. The SMILES string of the molecule is NC1CCCc2[nH]c3ccc(F)cc3c21. The normalized spacial score (nSPS) is 20.5. The van der Waals surface area contributed by atoms with Crippen LogP contribution in [0, 0.1) is 5.82 Å². The molecule has 1 aliphatic rings. The van der Waals surface area contributed by atoms with Crippen LogP contribution in [0.5, 0.6) is 0 Å². The fourth-order valence-electron chi connectivity index (χ4n) is 2.50. The van der Waals surface area contributed by atoms with Gasteiger partial charge in [-0.15, -0.1) is 0 Å². The van der Waals surface area contributed by atoms with Crippen LogP contribution >= 0.6 is 0 Å². The molecule has 1 aromatic carbocycles. The maximum atomic E-state index is 13.2. The van der Waals surface area contributed by atoms with Gasteiger partial charge in [-0.1, -0.05) is 0 Å². The smallest absolute Gasteiger partial charge is 0.123 e. The van der Waals surface area contributed by atoms with Crippen molar-refractivity contribution in [3.63, 3.8) is 0 Å². The Morgan fingerprint density at radius 3 is 3.13 bits per heavy atom. The van der Waals surface area contributed by atoms with Crippen molar-refractivity contribution in [2.45, 2.75) is 25.3 Å². The molecule has 1 unspecified atom stereocenters. The second-order valence-corrected chi connectivity index (χ2v) is 4.21. The first-order valence-corrected chi connectivity index (χ1v) is 5.31. The van der Waals surface area contributed by atoms with Crippen molar-refractivity contribution in [1.29, 1.82) is 0 Å². The van der Waals surface area contributed by atoms with Crippen LogP contribution in [0.15, 0.2) is 18.2 Å². The Bertz CT molecular complexity index is 516. The van der Waals surface area contributed by atoms with Crippen molar-refractivity contribution >= 4 is 10.9 Å². The molecule has 3 rings (SSSR count). The third kappa shape index (κ3) is 1.27. The zero-order valence-electron chi connectivity index (χ0n) is 8.39. The highest BCUT2D eigenvalue weighted by Gasteiger charge is 2.21. The molecule has 0 aliphatic heterocycles. The van der Waals surface area contributed by atoms with E-state index in [1.807, 2.05) is 0 Å². The van der Waals surface area contributed by atoms with Gasteiger partial charge in [0, 0.05) is 22.6 Å². The Balaban J connectivity index is 2.33. The lowest BCUT2D eigenvalue weighted by atomic mass is 9.91. The highest BCUT2D eigenvalue weighted by atomic mass is 19.1. The second kappa shape index (κ2) is 3.07. The summed E-state index contributed by atoms with van der Waals surface area (Å²) in [6.07, 6.45) is 3.14. The van der Waals surface area contributed by atoms with E-state index in [9.17, 15) is 4.39 Å². The maximum Gasteiger partial charge on any atom is 0.123 e. The minimum Gasteiger partial charge on any atom is -0.358 e. The molecule has 0 saturated heterocycles. The van der Waals surface area contributed by atoms with Gasteiger partial charge in [-0.25, -0.2) is 4.39 Å². The summed E-state index contributed by atoms with van der Waals surface area (Å²) >= 11 is 0. The minimum atomic E-state index is -0.193. The summed E-state index contributed by atoms with van der Waals surface area (Å²) in [5, 5.41) is 0.956. The third-order valence-corrected chi connectivity index (χ3v) is 3.20. The van der Waals surface area contributed by atoms with E-state index in [0.717, 1.165) is 35.7 Å². The minimum absolute atomic E-state index is 0.0595. The fraction of sp³-hybridized carbons (Fsp3) is 0.333. The molecule has 1 atom stereocenters. The molecule has 0 amide bonds. The molecular weight excluding hydrogens is 191 g/mol. The Kier molecular flexibility index (Phi) is 1.83. The zero-order chi connectivity index (χ0) is 10.4. The standard InChI is InChI=1S/C12H13FN2/c13-7-4-5-10-8(6-7)12-9(14)2-1-3-11(12)15-10/h4-6,9,15H,1-3,14H2. The molecule has 1 aliphatic carbocycles. The number of aromatic nitrogens is 1. The first-order valence-electron chi connectivity index (χ1n) is 5.31. The lowest BCUT2D eigenvalue weighted by molar-refractivity contribution is 0.569. The van der Waals surface area contributed by atoms with E-state index in [1.54, 1.807) is 12.1 Å². The van der Waals surface area contributed by atoms with Gasteiger partial charge in [-0.05, 0) is 43.0 Å². The van der Waals surface area contributed by atoms with Gasteiger partial charge in [-0.3, -0.25) is 0 Å². The molecule has 2 aromatic rings. The molecule has 0 spiro atoms. The predicted molar refractivity (Wildman–Crippen MR) is 58.1 cm³/mol. The number of aryl methyl sites for hydroxylation is 1. The quantitative estimate of drug-likeness (QED) is 0.680. The molecule has 0 bridgehead atoms. The van der Waals surface area contributed by atoms with Crippen LogP contribution in [-0.2, 0) is 6.42 Å². The highest BCUT2D eigenvalue weighted by molar-refractivity contribution is 5.85. The summed E-state index contributed by atoms with van der Waals surface area (Å²) in [6, 6.07) is 4.91. The number of benzene rings is 1. The van der Waals surface area contributed by atoms with Crippen molar-refractivity contribution in [1.82, 2.24) is 4.98 Å². The molecule has 3 N–H and O–H groups in total. The summed E-state index contributed by atoms with van der Waals surface area (Å²) < 4.78 is 13.2. The van der Waals surface area contributed by atoms with E-state index >= 15 is 0 Å². The van der Waals surface area contributed by atoms with E-state index in [-0.39, 0.29) is 11.9 Å². The third-order valence-electron chi connectivity index (χ3n) is 3.20. The first kappa shape index (κ1) is 8.92. The zero-order valence-corrected chi connectivity index (χ0v) is 8.39. The summed E-state index contributed by atoms with van der Waals surface area (Å²) in [7, 11) is 0. The summed E-state index contributed by atoms with van der Waals surface area (Å²) in [5.74, 6) is -0.193. The highest BCUT2D eigenvalue weighted by Crippen LogP contribution is 2.34. The van der Waals surface area contributed by atoms with Crippen LogP contribution in [0.2, 0.25) is 0 Å². The van der Waals surface area contributed by atoms with Gasteiger partial charge in [-0.2, -0.15) is 0 Å². The summed E-state index contributed by atoms with van der Waals surface area (Å²) in [4.78, 5) is 3.33. The number of rotatable bonds is 0.